The highest BCUT2D eigenvalue weighted by atomic mass is 35.5. The number of amides is 1. The van der Waals surface area contributed by atoms with Crippen LogP contribution in [0.4, 0.5) is 10.8 Å². The van der Waals surface area contributed by atoms with E-state index in [2.05, 4.69) is 15.5 Å². The van der Waals surface area contributed by atoms with Gasteiger partial charge in [-0.2, -0.15) is 0 Å². The first-order valence-electron chi connectivity index (χ1n) is 9.57. The van der Waals surface area contributed by atoms with Crippen molar-refractivity contribution in [2.75, 3.05) is 15.9 Å². The lowest BCUT2D eigenvalue weighted by Gasteiger charge is -2.30. The average Bonchev–Trinajstić information content (AvgIpc) is 3.16. The van der Waals surface area contributed by atoms with E-state index in [9.17, 15) is 13.2 Å². The second-order valence-corrected chi connectivity index (χ2v) is 10.4. The largest absolute Gasteiger partial charge is 0.299 e. The summed E-state index contributed by atoms with van der Waals surface area (Å²) in [5.74, 6) is -0.468. The quantitative estimate of drug-likeness (QED) is 0.533. The van der Waals surface area contributed by atoms with Crippen molar-refractivity contribution in [3.63, 3.8) is 0 Å². The number of carbonyl (C=O) groups is 1. The zero-order chi connectivity index (χ0) is 22.8. The Bertz CT molecular complexity index is 1190. The molecule has 164 valence electrons. The van der Waals surface area contributed by atoms with Crippen LogP contribution in [0.5, 0.6) is 0 Å². The third kappa shape index (κ3) is 5.41. The summed E-state index contributed by atoms with van der Waals surface area (Å²) >= 11 is 7.12. The SMILES string of the molecule is CC[C@H](C(=O)Nc1nnc(-c2ccc(Cl)cc2)s1)N(c1ccc(C)c(C)c1)S(C)(=O)=O. The number of aryl methyl sites for hydroxylation is 2. The lowest BCUT2D eigenvalue weighted by molar-refractivity contribution is -0.117. The average molecular weight is 479 g/mol. The molecule has 0 unspecified atom stereocenters. The van der Waals surface area contributed by atoms with Gasteiger partial charge in [-0.05, 0) is 55.7 Å². The molecule has 0 bridgehead atoms. The van der Waals surface area contributed by atoms with Crippen LogP contribution in [0.15, 0.2) is 42.5 Å². The van der Waals surface area contributed by atoms with Gasteiger partial charge < -0.3 is 0 Å². The molecule has 0 saturated heterocycles. The van der Waals surface area contributed by atoms with Crippen LogP contribution >= 0.6 is 22.9 Å². The van der Waals surface area contributed by atoms with Crippen molar-refractivity contribution < 1.29 is 13.2 Å². The molecule has 0 aliphatic heterocycles. The van der Waals surface area contributed by atoms with E-state index in [0.29, 0.717) is 20.8 Å². The van der Waals surface area contributed by atoms with Crippen molar-refractivity contribution in [2.45, 2.75) is 33.2 Å². The minimum atomic E-state index is -3.71. The summed E-state index contributed by atoms with van der Waals surface area (Å²) in [6.07, 6.45) is 1.39. The lowest BCUT2D eigenvalue weighted by atomic mass is 10.1. The Hall–Kier alpha value is -2.49. The smallest absolute Gasteiger partial charge is 0.250 e. The van der Waals surface area contributed by atoms with E-state index in [0.717, 1.165) is 27.3 Å². The lowest BCUT2D eigenvalue weighted by Crippen LogP contribution is -2.47. The fraction of sp³-hybridized carbons (Fsp3) is 0.286. The predicted octanol–water partition coefficient (Wildman–Crippen LogP) is 4.66. The molecule has 0 saturated carbocycles. The molecule has 10 heteroatoms. The Labute approximate surface area is 191 Å². The van der Waals surface area contributed by atoms with Crippen LogP contribution in [0.1, 0.15) is 24.5 Å². The van der Waals surface area contributed by atoms with E-state index in [-0.39, 0.29) is 6.42 Å². The number of rotatable bonds is 7. The maximum atomic E-state index is 13.1. The Kier molecular flexibility index (Phi) is 6.98. The first-order chi connectivity index (χ1) is 14.6. The molecule has 0 fully saturated rings. The van der Waals surface area contributed by atoms with Crippen LogP contribution in [0.3, 0.4) is 0 Å². The van der Waals surface area contributed by atoms with E-state index in [1.807, 2.05) is 32.0 Å². The van der Waals surface area contributed by atoms with Crippen LogP contribution in [-0.4, -0.2) is 36.8 Å². The Morgan fingerprint density at radius 1 is 1.13 bits per heavy atom. The van der Waals surface area contributed by atoms with Crippen molar-refractivity contribution in [3.8, 4) is 10.6 Å². The molecule has 0 radical (unpaired) electrons. The summed E-state index contributed by atoms with van der Waals surface area (Å²) in [5.41, 5.74) is 3.26. The van der Waals surface area contributed by atoms with Gasteiger partial charge in [-0.1, -0.05) is 48.1 Å². The standard InChI is InChI=1S/C21H23ClN4O3S2/c1-5-18(26(31(4,28)29)17-11-6-13(2)14(3)12-17)19(27)23-21-25-24-20(30-21)15-7-9-16(22)10-8-15/h6-12,18H,5H2,1-4H3,(H,23,25,27)/t18-/m1/s1. The van der Waals surface area contributed by atoms with E-state index in [1.54, 1.807) is 31.2 Å². The second kappa shape index (κ2) is 9.33. The zero-order valence-corrected chi connectivity index (χ0v) is 20.0. The first kappa shape index (κ1) is 23.2. The summed E-state index contributed by atoms with van der Waals surface area (Å²) in [7, 11) is -3.71. The molecule has 0 aliphatic rings. The number of hydrogen-bond donors (Lipinski definition) is 1. The molecule has 7 nitrogen and oxygen atoms in total. The second-order valence-electron chi connectivity index (χ2n) is 7.16. The Balaban J connectivity index is 1.87. The third-order valence-corrected chi connectivity index (χ3v) is 7.14. The van der Waals surface area contributed by atoms with E-state index in [4.69, 9.17) is 11.6 Å². The van der Waals surface area contributed by atoms with Crippen molar-refractivity contribution in [1.29, 1.82) is 0 Å². The number of halogens is 1. The number of benzene rings is 2. The van der Waals surface area contributed by atoms with Gasteiger partial charge in [0.25, 0.3) is 0 Å². The fourth-order valence-corrected chi connectivity index (χ4v) is 5.18. The molecule has 1 N–H and O–H groups in total. The summed E-state index contributed by atoms with van der Waals surface area (Å²) < 4.78 is 26.4. The molecule has 1 aromatic heterocycles. The monoisotopic (exact) mass is 478 g/mol. The highest BCUT2D eigenvalue weighted by molar-refractivity contribution is 7.92. The minimum absolute atomic E-state index is 0.286. The first-order valence-corrected chi connectivity index (χ1v) is 12.6. The van der Waals surface area contributed by atoms with Gasteiger partial charge in [0, 0.05) is 10.6 Å². The Morgan fingerprint density at radius 3 is 2.39 bits per heavy atom. The summed E-state index contributed by atoms with van der Waals surface area (Å²) in [5, 5.41) is 12.4. The van der Waals surface area contributed by atoms with Gasteiger partial charge >= 0.3 is 0 Å². The molecule has 3 rings (SSSR count). The molecule has 0 spiro atoms. The van der Waals surface area contributed by atoms with E-state index in [1.165, 1.54) is 11.3 Å². The van der Waals surface area contributed by atoms with Crippen LogP contribution in [0, 0.1) is 13.8 Å². The molecule has 2 aromatic carbocycles. The van der Waals surface area contributed by atoms with Gasteiger partial charge in [0.15, 0.2) is 0 Å². The molecule has 0 aliphatic carbocycles. The summed E-state index contributed by atoms with van der Waals surface area (Å²) in [4.78, 5) is 13.1. The number of nitrogens with one attached hydrogen (secondary N) is 1. The van der Waals surface area contributed by atoms with Crippen LogP contribution in [-0.2, 0) is 14.8 Å². The van der Waals surface area contributed by atoms with Gasteiger partial charge in [0.05, 0.1) is 11.9 Å². The summed E-state index contributed by atoms with van der Waals surface area (Å²) in [6, 6.07) is 11.5. The maximum Gasteiger partial charge on any atom is 0.250 e. The van der Waals surface area contributed by atoms with Gasteiger partial charge in [-0.3, -0.25) is 14.4 Å². The molecular formula is C21H23ClN4O3S2. The van der Waals surface area contributed by atoms with Gasteiger partial charge in [0.1, 0.15) is 11.0 Å². The number of carbonyl (C=O) groups excluding carboxylic acids is 1. The molecule has 1 heterocycles. The fourth-order valence-electron chi connectivity index (χ4n) is 3.09. The van der Waals surface area contributed by atoms with E-state index < -0.39 is 22.0 Å². The van der Waals surface area contributed by atoms with Crippen molar-refractivity contribution in [2.24, 2.45) is 0 Å². The minimum Gasteiger partial charge on any atom is -0.299 e. The number of sulfonamides is 1. The van der Waals surface area contributed by atoms with Gasteiger partial charge in [-0.25, -0.2) is 8.42 Å². The van der Waals surface area contributed by atoms with Crippen LogP contribution < -0.4 is 9.62 Å². The number of anilines is 2. The van der Waals surface area contributed by atoms with Crippen molar-refractivity contribution in [3.05, 3.63) is 58.6 Å². The van der Waals surface area contributed by atoms with Gasteiger partial charge in [-0.15, -0.1) is 10.2 Å². The maximum absolute atomic E-state index is 13.1. The molecular weight excluding hydrogens is 456 g/mol. The molecule has 1 atom stereocenters. The predicted molar refractivity (Wildman–Crippen MR) is 126 cm³/mol. The highest BCUT2D eigenvalue weighted by Crippen LogP contribution is 2.29. The van der Waals surface area contributed by atoms with Crippen molar-refractivity contribution in [1.82, 2.24) is 10.2 Å². The normalized spacial score (nSPS) is 12.4. The molecule has 1 amide bonds. The van der Waals surface area contributed by atoms with Crippen LogP contribution in [0.2, 0.25) is 5.02 Å². The van der Waals surface area contributed by atoms with E-state index >= 15 is 0 Å². The topological polar surface area (TPSA) is 92.3 Å². The number of hydrogen-bond acceptors (Lipinski definition) is 6. The van der Waals surface area contributed by atoms with Crippen molar-refractivity contribution >= 4 is 49.7 Å². The highest BCUT2D eigenvalue weighted by Gasteiger charge is 2.32. The zero-order valence-electron chi connectivity index (χ0n) is 17.6. The Morgan fingerprint density at radius 2 is 1.81 bits per heavy atom. The van der Waals surface area contributed by atoms with Crippen LogP contribution in [0.25, 0.3) is 10.6 Å². The number of aromatic nitrogens is 2. The molecule has 3 aromatic rings. The molecule has 31 heavy (non-hydrogen) atoms. The third-order valence-electron chi connectivity index (χ3n) is 4.82. The summed E-state index contributed by atoms with van der Waals surface area (Å²) in [6.45, 7) is 5.62. The number of nitrogens with zero attached hydrogens (tertiary/aromatic N) is 3. The van der Waals surface area contributed by atoms with Gasteiger partial charge in [0.2, 0.25) is 21.1 Å².